The first-order valence-corrected chi connectivity index (χ1v) is 6.27. The van der Waals surface area contributed by atoms with E-state index in [4.69, 9.17) is 5.84 Å². The van der Waals surface area contributed by atoms with Gasteiger partial charge >= 0.3 is 0 Å². The molecule has 0 aliphatic heterocycles. The Balaban J connectivity index is 2.20. The monoisotopic (exact) mass is 252 g/mol. The fraction of sp³-hybridized carbons (Fsp3) is 0.500. The smallest absolute Gasteiger partial charge is 0.110 e. The van der Waals surface area contributed by atoms with Crippen molar-refractivity contribution in [1.29, 1.82) is 0 Å². The number of hydrazine groups is 1. The fourth-order valence-electron chi connectivity index (χ4n) is 1.73. The van der Waals surface area contributed by atoms with Gasteiger partial charge in [0.15, 0.2) is 0 Å². The standard InChI is InChI=1S/C10H16N6S/c1-3-7-10(17-15-14-7)8(13-11)6-9-12-4-5-16(9)2/h4-5,8,13H,3,6,11H2,1-2H3. The van der Waals surface area contributed by atoms with Gasteiger partial charge in [-0.1, -0.05) is 11.4 Å². The Bertz CT molecular complexity index is 477. The molecule has 0 fully saturated rings. The van der Waals surface area contributed by atoms with E-state index in [9.17, 15) is 0 Å². The van der Waals surface area contributed by atoms with Gasteiger partial charge in [0.2, 0.25) is 0 Å². The van der Waals surface area contributed by atoms with Crippen LogP contribution < -0.4 is 11.3 Å². The minimum Gasteiger partial charge on any atom is -0.338 e. The van der Waals surface area contributed by atoms with Crippen molar-refractivity contribution in [3.05, 3.63) is 28.8 Å². The number of nitrogens with two attached hydrogens (primary N) is 1. The van der Waals surface area contributed by atoms with Crippen LogP contribution in [0.5, 0.6) is 0 Å². The molecular weight excluding hydrogens is 236 g/mol. The summed E-state index contributed by atoms with van der Waals surface area (Å²) in [7, 11) is 1.97. The van der Waals surface area contributed by atoms with Crippen molar-refractivity contribution in [3.63, 3.8) is 0 Å². The van der Waals surface area contributed by atoms with Crippen molar-refractivity contribution < 1.29 is 0 Å². The average molecular weight is 252 g/mol. The van der Waals surface area contributed by atoms with Gasteiger partial charge in [-0.25, -0.2) is 4.98 Å². The van der Waals surface area contributed by atoms with Crippen molar-refractivity contribution in [2.45, 2.75) is 25.8 Å². The molecule has 3 N–H and O–H groups in total. The number of aromatic nitrogens is 4. The molecule has 0 aliphatic carbocycles. The van der Waals surface area contributed by atoms with Crippen LogP contribution in [0.1, 0.15) is 29.4 Å². The molecule has 0 saturated carbocycles. The summed E-state index contributed by atoms with van der Waals surface area (Å²) in [6.07, 6.45) is 5.31. The molecule has 2 aromatic rings. The van der Waals surface area contributed by atoms with E-state index in [0.717, 1.165) is 29.2 Å². The van der Waals surface area contributed by atoms with Crippen LogP contribution in [0, 0.1) is 0 Å². The zero-order chi connectivity index (χ0) is 12.3. The molecule has 0 saturated heterocycles. The molecule has 6 nitrogen and oxygen atoms in total. The lowest BCUT2D eigenvalue weighted by Crippen LogP contribution is -2.30. The van der Waals surface area contributed by atoms with E-state index in [1.165, 1.54) is 11.5 Å². The van der Waals surface area contributed by atoms with Gasteiger partial charge in [0.25, 0.3) is 0 Å². The van der Waals surface area contributed by atoms with E-state index in [1.54, 1.807) is 6.20 Å². The average Bonchev–Trinajstić information content (AvgIpc) is 2.95. The van der Waals surface area contributed by atoms with Gasteiger partial charge in [-0.15, -0.1) is 5.10 Å². The molecular formula is C10H16N6S. The number of nitrogens with one attached hydrogen (secondary N) is 1. The van der Waals surface area contributed by atoms with E-state index in [2.05, 4.69) is 26.9 Å². The molecule has 2 aromatic heterocycles. The molecule has 92 valence electrons. The van der Waals surface area contributed by atoms with Gasteiger partial charge in [-0.2, -0.15) is 0 Å². The molecule has 2 rings (SSSR count). The third-order valence-corrected chi connectivity index (χ3v) is 3.63. The summed E-state index contributed by atoms with van der Waals surface area (Å²) in [5.74, 6) is 6.61. The lowest BCUT2D eigenvalue weighted by molar-refractivity contribution is 0.533. The number of imidazole rings is 1. The van der Waals surface area contributed by atoms with E-state index >= 15 is 0 Å². The minimum absolute atomic E-state index is 0.0195. The van der Waals surface area contributed by atoms with Gasteiger partial charge in [-0.05, 0) is 18.0 Å². The van der Waals surface area contributed by atoms with Crippen molar-refractivity contribution in [1.82, 2.24) is 24.6 Å². The van der Waals surface area contributed by atoms with Crippen LogP contribution in [0.2, 0.25) is 0 Å². The Kier molecular flexibility index (Phi) is 3.82. The summed E-state index contributed by atoms with van der Waals surface area (Å²) >= 11 is 1.39. The summed E-state index contributed by atoms with van der Waals surface area (Å²) < 4.78 is 5.97. The van der Waals surface area contributed by atoms with Crippen LogP contribution in [0.25, 0.3) is 0 Å². The SMILES string of the molecule is CCc1nnsc1C(Cc1nccn1C)NN. The summed E-state index contributed by atoms with van der Waals surface area (Å²) in [5, 5.41) is 4.10. The summed E-state index contributed by atoms with van der Waals surface area (Å²) in [5.41, 5.74) is 3.83. The van der Waals surface area contributed by atoms with Gasteiger partial charge in [0.1, 0.15) is 5.82 Å². The topological polar surface area (TPSA) is 81.7 Å². The fourth-order valence-corrected chi connectivity index (χ4v) is 2.52. The second-order valence-corrected chi connectivity index (χ2v) is 4.60. The molecule has 2 heterocycles. The highest BCUT2D eigenvalue weighted by Crippen LogP contribution is 2.23. The molecule has 0 spiro atoms. The van der Waals surface area contributed by atoms with E-state index in [0.29, 0.717) is 0 Å². The first kappa shape index (κ1) is 12.2. The molecule has 17 heavy (non-hydrogen) atoms. The largest absolute Gasteiger partial charge is 0.338 e. The maximum absolute atomic E-state index is 5.62. The Hall–Kier alpha value is -1.31. The molecule has 0 bridgehead atoms. The maximum Gasteiger partial charge on any atom is 0.110 e. The summed E-state index contributed by atoms with van der Waals surface area (Å²) in [6, 6.07) is 0.0195. The van der Waals surface area contributed by atoms with Crippen LogP contribution in [-0.4, -0.2) is 19.1 Å². The second kappa shape index (κ2) is 5.35. The summed E-state index contributed by atoms with van der Waals surface area (Å²) in [6.45, 7) is 2.06. The molecule has 0 amide bonds. The molecule has 0 aromatic carbocycles. The van der Waals surface area contributed by atoms with Gasteiger partial charge in [-0.3, -0.25) is 11.3 Å². The van der Waals surface area contributed by atoms with Crippen LogP contribution in [-0.2, 0) is 19.9 Å². The second-order valence-electron chi connectivity index (χ2n) is 3.82. The third-order valence-electron chi connectivity index (χ3n) is 2.75. The first-order valence-electron chi connectivity index (χ1n) is 5.49. The van der Waals surface area contributed by atoms with Crippen molar-refractivity contribution >= 4 is 11.5 Å². The van der Waals surface area contributed by atoms with E-state index < -0.39 is 0 Å². The Morgan fingerprint density at radius 1 is 1.59 bits per heavy atom. The lowest BCUT2D eigenvalue weighted by atomic mass is 10.1. The molecule has 1 atom stereocenters. The number of hydrogen-bond donors (Lipinski definition) is 2. The number of nitrogens with zero attached hydrogens (tertiary/aromatic N) is 4. The predicted octanol–water partition coefficient (Wildman–Crippen LogP) is 0.581. The number of aryl methyl sites for hydroxylation is 2. The van der Waals surface area contributed by atoms with Crippen molar-refractivity contribution in [2.75, 3.05) is 0 Å². The molecule has 0 aliphatic rings. The summed E-state index contributed by atoms with van der Waals surface area (Å²) in [4.78, 5) is 5.40. The van der Waals surface area contributed by atoms with Crippen molar-refractivity contribution in [3.8, 4) is 0 Å². The van der Waals surface area contributed by atoms with E-state index in [1.807, 2.05) is 17.8 Å². The quantitative estimate of drug-likeness (QED) is 0.601. The highest BCUT2D eigenvalue weighted by molar-refractivity contribution is 7.05. The molecule has 0 radical (unpaired) electrons. The normalized spacial score (nSPS) is 12.9. The zero-order valence-electron chi connectivity index (χ0n) is 9.92. The molecule has 1 unspecified atom stereocenters. The van der Waals surface area contributed by atoms with Gasteiger partial charge < -0.3 is 4.57 Å². The van der Waals surface area contributed by atoms with Gasteiger partial charge in [0, 0.05) is 25.9 Å². The van der Waals surface area contributed by atoms with Crippen LogP contribution in [0.3, 0.4) is 0 Å². The van der Waals surface area contributed by atoms with Crippen LogP contribution in [0.4, 0.5) is 0 Å². The highest BCUT2D eigenvalue weighted by atomic mass is 32.1. The van der Waals surface area contributed by atoms with Crippen LogP contribution >= 0.6 is 11.5 Å². The predicted molar refractivity (Wildman–Crippen MR) is 66.3 cm³/mol. The number of rotatable bonds is 5. The zero-order valence-corrected chi connectivity index (χ0v) is 10.7. The van der Waals surface area contributed by atoms with Gasteiger partial charge in [0.05, 0.1) is 16.6 Å². The number of hydrogen-bond acceptors (Lipinski definition) is 6. The Morgan fingerprint density at radius 3 is 3.00 bits per heavy atom. The molecule has 7 heteroatoms. The Labute approximate surface area is 104 Å². The van der Waals surface area contributed by atoms with Crippen molar-refractivity contribution in [2.24, 2.45) is 12.9 Å². The Morgan fingerprint density at radius 2 is 2.41 bits per heavy atom. The minimum atomic E-state index is 0.0195. The van der Waals surface area contributed by atoms with E-state index in [-0.39, 0.29) is 6.04 Å². The van der Waals surface area contributed by atoms with Crippen LogP contribution in [0.15, 0.2) is 12.4 Å². The maximum atomic E-state index is 5.62. The third kappa shape index (κ3) is 2.51. The highest BCUT2D eigenvalue weighted by Gasteiger charge is 2.19. The lowest BCUT2D eigenvalue weighted by Gasteiger charge is -2.14. The first-order chi connectivity index (χ1) is 8.26.